The Labute approximate surface area is 159 Å². The molecule has 0 aliphatic rings. The standard InChI is InChI=1S/C21H16N4O3/c22-20(27)13-7-8-18-17(11-13)19(25-24-18)12-3-1-5-15(9-12)23-21(28)14-4-2-6-16(26)10-14/h1-11,26H,(H2,22,27)(H,23,28)(H,24,25). The van der Waals surface area contributed by atoms with Gasteiger partial charge in [-0.05, 0) is 48.5 Å². The molecule has 138 valence electrons. The molecular formula is C21H16N4O3. The van der Waals surface area contributed by atoms with Crippen molar-refractivity contribution in [2.45, 2.75) is 0 Å². The van der Waals surface area contributed by atoms with Crippen LogP contribution in [0.5, 0.6) is 5.75 Å². The summed E-state index contributed by atoms with van der Waals surface area (Å²) in [4.78, 5) is 23.9. The number of carbonyl (C=O) groups is 2. The number of hydrogen-bond acceptors (Lipinski definition) is 4. The molecule has 0 spiro atoms. The van der Waals surface area contributed by atoms with Crippen LogP contribution in [-0.4, -0.2) is 27.1 Å². The average molecular weight is 372 g/mol. The SMILES string of the molecule is NC(=O)c1ccc2[nH]nc(-c3cccc(NC(=O)c4cccc(O)c4)c3)c2c1. The molecule has 0 radical (unpaired) electrons. The molecule has 0 unspecified atom stereocenters. The minimum Gasteiger partial charge on any atom is -0.508 e. The number of amides is 2. The van der Waals surface area contributed by atoms with Gasteiger partial charge in [0.15, 0.2) is 0 Å². The molecule has 7 heteroatoms. The minimum absolute atomic E-state index is 0.0228. The van der Waals surface area contributed by atoms with Crippen molar-refractivity contribution in [1.82, 2.24) is 10.2 Å². The largest absolute Gasteiger partial charge is 0.508 e. The van der Waals surface area contributed by atoms with Crippen LogP contribution in [0.4, 0.5) is 5.69 Å². The van der Waals surface area contributed by atoms with Gasteiger partial charge in [0.1, 0.15) is 5.75 Å². The maximum Gasteiger partial charge on any atom is 0.255 e. The number of aromatic nitrogens is 2. The molecule has 28 heavy (non-hydrogen) atoms. The summed E-state index contributed by atoms with van der Waals surface area (Å²) >= 11 is 0. The Bertz CT molecular complexity index is 1210. The molecule has 3 aromatic carbocycles. The van der Waals surface area contributed by atoms with Crippen LogP contribution in [0.25, 0.3) is 22.2 Å². The third-order valence-electron chi connectivity index (χ3n) is 4.35. The first-order valence-corrected chi connectivity index (χ1v) is 8.50. The van der Waals surface area contributed by atoms with E-state index in [-0.39, 0.29) is 11.7 Å². The van der Waals surface area contributed by atoms with Crippen LogP contribution in [-0.2, 0) is 0 Å². The van der Waals surface area contributed by atoms with Crippen molar-refractivity contribution in [1.29, 1.82) is 0 Å². The van der Waals surface area contributed by atoms with Crippen molar-refractivity contribution in [3.63, 3.8) is 0 Å². The molecular weight excluding hydrogens is 356 g/mol. The van der Waals surface area contributed by atoms with Crippen molar-refractivity contribution in [2.24, 2.45) is 5.73 Å². The molecule has 0 atom stereocenters. The van der Waals surface area contributed by atoms with Gasteiger partial charge in [-0.25, -0.2) is 0 Å². The van der Waals surface area contributed by atoms with E-state index < -0.39 is 5.91 Å². The lowest BCUT2D eigenvalue weighted by Crippen LogP contribution is -2.11. The summed E-state index contributed by atoms with van der Waals surface area (Å²) in [5.74, 6) is -0.827. The Kier molecular flexibility index (Phi) is 4.25. The van der Waals surface area contributed by atoms with E-state index in [0.717, 1.165) is 16.5 Å². The summed E-state index contributed by atoms with van der Waals surface area (Å²) in [5.41, 5.74) is 8.87. The number of hydrogen-bond donors (Lipinski definition) is 4. The highest BCUT2D eigenvalue weighted by atomic mass is 16.3. The summed E-state index contributed by atoms with van der Waals surface area (Å²) in [7, 11) is 0. The number of phenolic OH excluding ortho intramolecular Hbond substituents is 1. The van der Waals surface area contributed by atoms with Crippen LogP contribution >= 0.6 is 0 Å². The highest BCUT2D eigenvalue weighted by molar-refractivity contribution is 6.05. The number of phenols is 1. The summed E-state index contributed by atoms with van der Waals surface area (Å²) in [6, 6.07) is 18.4. The Hall–Kier alpha value is -4.13. The van der Waals surface area contributed by atoms with E-state index in [1.165, 1.54) is 12.1 Å². The van der Waals surface area contributed by atoms with Gasteiger partial charge in [-0.3, -0.25) is 14.7 Å². The minimum atomic E-state index is -0.513. The van der Waals surface area contributed by atoms with E-state index in [2.05, 4.69) is 15.5 Å². The molecule has 4 aromatic rings. The lowest BCUT2D eigenvalue weighted by atomic mass is 10.0. The van der Waals surface area contributed by atoms with E-state index in [1.54, 1.807) is 48.5 Å². The number of rotatable bonds is 4. The van der Waals surface area contributed by atoms with E-state index in [9.17, 15) is 14.7 Å². The molecule has 5 N–H and O–H groups in total. The van der Waals surface area contributed by atoms with Gasteiger partial charge in [0.05, 0.1) is 11.2 Å². The van der Waals surface area contributed by atoms with Gasteiger partial charge >= 0.3 is 0 Å². The summed E-state index contributed by atoms with van der Waals surface area (Å²) in [6.07, 6.45) is 0. The van der Waals surface area contributed by atoms with Crippen molar-refractivity contribution in [3.8, 4) is 17.0 Å². The number of H-pyrrole nitrogens is 1. The number of primary amides is 1. The van der Waals surface area contributed by atoms with Gasteiger partial charge in [0.25, 0.3) is 5.91 Å². The summed E-state index contributed by atoms with van der Waals surface area (Å²) < 4.78 is 0. The molecule has 0 bridgehead atoms. The molecule has 4 rings (SSSR count). The highest BCUT2D eigenvalue weighted by Crippen LogP contribution is 2.29. The topological polar surface area (TPSA) is 121 Å². The third kappa shape index (κ3) is 3.28. The van der Waals surface area contributed by atoms with Crippen LogP contribution in [0, 0.1) is 0 Å². The van der Waals surface area contributed by atoms with Crippen LogP contribution in [0.3, 0.4) is 0 Å². The van der Waals surface area contributed by atoms with Gasteiger partial charge in [-0.2, -0.15) is 5.10 Å². The van der Waals surface area contributed by atoms with Crippen molar-refractivity contribution in [3.05, 3.63) is 77.9 Å². The van der Waals surface area contributed by atoms with Gasteiger partial charge in [0.2, 0.25) is 5.91 Å². The first-order valence-electron chi connectivity index (χ1n) is 8.50. The van der Waals surface area contributed by atoms with Crippen molar-refractivity contribution >= 4 is 28.4 Å². The number of carbonyl (C=O) groups excluding carboxylic acids is 2. The lowest BCUT2D eigenvalue weighted by molar-refractivity contribution is 0.0997. The highest BCUT2D eigenvalue weighted by Gasteiger charge is 2.12. The van der Waals surface area contributed by atoms with Crippen molar-refractivity contribution in [2.75, 3.05) is 5.32 Å². The fourth-order valence-corrected chi connectivity index (χ4v) is 2.98. The zero-order valence-corrected chi connectivity index (χ0v) is 14.6. The normalized spacial score (nSPS) is 10.7. The molecule has 2 amide bonds. The van der Waals surface area contributed by atoms with Crippen LogP contribution < -0.4 is 11.1 Å². The summed E-state index contributed by atoms with van der Waals surface area (Å²) in [5, 5.41) is 20.4. The molecule has 0 fully saturated rings. The van der Waals surface area contributed by atoms with Crippen LogP contribution in [0.15, 0.2) is 66.7 Å². The van der Waals surface area contributed by atoms with Crippen molar-refractivity contribution < 1.29 is 14.7 Å². The fraction of sp³-hybridized carbons (Fsp3) is 0. The van der Waals surface area contributed by atoms with Crippen LogP contribution in [0.2, 0.25) is 0 Å². The van der Waals surface area contributed by atoms with E-state index in [1.807, 2.05) is 6.07 Å². The second-order valence-corrected chi connectivity index (χ2v) is 6.28. The number of anilines is 1. The number of nitrogens with two attached hydrogens (primary N) is 1. The number of aromatic amines is 1. The Balaban J connectivity index is 1.67. The first kappa shape index (κ1) is 17.3. The molecule has 0 aliphatic heterocycles. The van der Waals surface area contributed by atoms with Gasteiger partial charge < -0.3 is 16.2 Å². The lowest BCUT2D eigenvalue weighted by Gasteiger charge is -2.07. The quantitative estimate of drug-likeness (QED) is 0.439. The van der Waals surface area contributed by atoms with Gasteiger partial charge in [-0.1, -0.05) is 18.2 Å². The third-order valence-corrected chi connectivity index (χ3v) is 4.35. The molecule has 7 nitrogen and oxygen atoms in total. The Morgan fingerprint density at radius 2 is 1.79 bits per heavy atom. The molecule has 0 saturated carbocycles. The molecule has 1 heterocycles. The van der Waals surface area contributed by atoms with Gasteiger partial charge in [-0.15, -0.1) is 0 Å². The molecule has 0 aliphatic carbocycles. The predicted molar refractivity (Wildman–Crippen MR) is 106 cm³/mol. The Morgan fingerprint density at radius 1 is 0.964 bits per heavy atom. The first-order chi connectivity index (χ1) is 13.5. The maximum absolute atomic E-state index is 12.4. The van der Waals surface area contributed by atoms with E-state index in [4.69, 9.17) is 5.73 Å². The monoisotopic (exact) mass is 372 g/mol. The second kappa shape index (κ2) is 6.88. The number of fused-ring (bicyclic) bond motifs is 1. The molecule has 1 aromatic heterocycles. The van der Waals surface area contributed by atoms with E-state index >= 15 is 0 Å². The van der Waals surface area contributed by atoms with E-state index in [0.29, 0.717) is 22.5 Å². The smallest absolute Gasteiger partial charge is 0.255 e. The predicted octanol–water partition coefficient (Wildman–Crippen LogP) is 3.29. The molecule has 0 saturated heterocycles. The number of benzene rings is 3. The summed E-state index contributed by atoms with van der Waals surface area (Å²) in [6.45, 7) is 0. The maximum atomic E-state index is 12.4. The number of aromatic hydroxyl groups is 1. The fourth-order valence-electron chi connectivity index (χ4n) is 2.98. The average Bonchev–Trinajstić information content (AvgIpc) is 3.11. The van der Waals surface area contributed by atoms with Gasteiger partial charge in [0, 0.05) is 27.8 Å². The zero-order chi connectivity index (χ0) is 19.7. The second-order valence-electron chi connectivity index (χ2n) is 6.28. The number of nitrogens with one attached hydrogen (secondary N) is 2. The number of nitrogens with zero attached hydrogens (tertiary/aromatic N) is 1. The van der Waals surface area contributed by atoms with Crippen LogP contribution in [0.1, 0.15) is 20.7 Å². The Morgan fingerprint density at radius 3 is 2.57 bits per heavy atom. The zero-order valence-electron chi connectivity index (χ0n) is 14.6.